The van der Waals surface area contributed by atoms with Crippen molar-refractivity contribution in [1.29, 1.82) is 0 Å². The SMILES string of the molecule is CC(C)CCC[C@@H](C)[C@H]1CCC2C3C(CN(C)[C@@]21C)[C@@]1(C)CCC(=O)C=C1C[C@H]3O. The van der Waals surface area contributed by atoms with Crippen molar-refractivity contribution in [1.82, 2.24) is 4.90 Å². The standard InChI is InChI=1S/C27H45NO2/c1-17(2)8-7-9-18(3)21-10-11-22-25-23(16-28(6)27(21,22)5)26(4)13-12-20(29)14-19(26)15-24(25)30/h14,17-18,21-25,30H,7-13,15-16H2,1-6H3/t18-,21-,22?,23?,24-,25?,26+,27-/m1/s1. The number of allylic oxidation sites excluding steroid dienone is 1. The molecule has 3 nitrogen and oxygen atoms in total. The fourth-order valence-electron chi connectivity index (χ4n) is 8.38. The predicted molar refractivity (Wildman–Crippen MR) is 123 cm³/mol. The molecule has 0 spiro atoms. The lowest BCUT2D eigenvalue weighted by atomic mass is 9.49. The lowest BCUT2D eigenvalue weighted by Gasteiger charge is -2.63. The smallest absolute Gasteiger partial charge is 0.155 e. The molecule has 3 aliphatic carbocycles. The second-order valence-electron chi connectivity index (χ2n) is 12.2. The quantitative estimate of drug-likeness (QED) is 0.647. The Morgan fingerprint density at radius 2 is 1.90 bits per heavy atom. The molecular formula is C27H45NO2. The third-order valence-corrected chi connectivity index (χ3v) is 10.3. The molecule has 0 aromatic heterocycles. The summed E-state index contributed by atoms with van der Waals surface area (Å²) in [6.07, 6.45) is 10.6. The average Bonchev–Trinajstić information content (AvgIpc) is 3.02. The Kier molecular flexibility index (Phi) is 6.03. The van der Waals surface area contributed by atoms with Gasteiger partial charge in [-0.3, -0.25) is 4.79 Å². The lowest BCUT2D eigenvalue weighted by molar-refractivity contribution is -0.143. The van der Waals surface area contributed by atoms with Crippen LogP contribution in [-0.2, 0) is 4.79 Å². The molecule has 1 heterocycles. The van der Waals surface area contributed by atoms with Crippen LogP contribution in [-0.4, -0.2) is 41.0 Å². The zero-order valence-corrected chi connectivity index (χ0v) is 20.3. The van der Waals surface area contributed by atoms with Crippen LogP contribution in [0.1, 0.15) is 86.0 Å². The number of likely N-dealkylation sites (tertiary alicyclic amines) is 1. The van der Waals surface area contributed by atoms with Gasteiger partial charge in [0.25, 0.3) is 0 Å². The number of fused-ring (bicyclic) bond motifs is 5. The highest BCUT2D eigenvalue weighted by molar-refractivity contribution is 5.91. The molecule has 3 unspecified atom stereocenters. The summed E-state index contributed by atoms with van der Waals surface area (Å²) in [4.78, 5) is 14.8. The molecule has 8 atom stereocenters. The van der Waals surface area contributed by atoms with E-state index in [1.165, 1.54) is 37.7 Å². The van der Waals surface area contributed by atoms with Crippen molar-refractivity contribution in [2.45, 2.75) is 97.6 Å². The maximum Gasteiger partial charge on any atom is 0.155 e. The molecule has 2 saturated carbocycles. The summed E-state index contributed by atoms with van der Waals surface area (Å²) < 4.78 is 0. The second-order valence-corrected chi connectivity index (χ2v) is 12.2. The maximum atomic E-state index is 12.1. The lowest BCUT2D eigenvalue weighted by Crippen LogP contribution is -2.66. The maximum absolute atomic E-state index is 12.1. The summed E-state index contributed by atoms with van der Waals surface area (Å²) in [6, 6.07) is 0. The molecule has 1 saturated heterocycles. The van der Waals surface area contributed by atoms with Gasteiger partial charge in [-0.05, 0) is 86.7 Å². The van der Waals surface area contributed by atoms with Gasteiger partial charge in [-0.25, -0.2) is 0 Å². The van der Waals surface area contributed by atoms with Gasteiger partial charge < -0.3 is 10.0 Å². The minimum Gasteiger partial charge on any atom is -0.392 e. The Morgan fingerprint density at radius 3 is 2.60 bits per heavy atom. The normalized spacial score (nSPS) is 45.0. The fraction of sp³-hybridized carbons (Fsp3) is 0.889. The van der Waals surface area contributed by atoms with Gasteiger partial charge in [-0.2, -0.15) is 0 Å². The van der Waals surface area contributed by atoms with Gasteiger partial charge in [0.2, 0.25) is 0 Å². The number of hydrogen-bond donors (Lipinski definition) is 1. The van der Waals surface area contributed by atoms with E-state index in [2.05, 4.69) is 46.6 Å². The molecule has 3 fully saturated rings. The van der Waals surface area contributed by atoms with Gasteiger partial charge in [-0.15, -0.1) is 0 Å². The first-order valence-corrected chi connectivity index (χ1v) is 12.7. The van der Waals surface area contributed by atoms with Crippen molar-refractivity contribution in [3.8, 4) is 0 Å². The van der Waals surface area contributed by atoms with Crippen LogP contribution in [0.25, 0.3) is 0 Å². The summed E-state index contributed by atoms with van der Waals surface area (Å²) in [5, 5.41) is 11.3. The number of nitrogens with zero attached hydrogens (tertiary/aromatic N) is 1. The minimum atomic E-state index is -0.284. The minimum absolute atomic E-state index is 0.0916. The zero-order valence-electron chi connectivity index (χ0n) is 20.3. The van der Waals surface area contributed by atoms with Gasteiger partial charge in [0.1, 0.15) is 0 Å². The third kappa shape index (κ3) is 3.43. The van der Waals surface area contributed by atoms with Crippen LogP contribution in [0.5, 0.6) is 0 Å². The van der Waals surface area contributed by atoms with Crippen LogP contribution in [0.4, 0.5) is 0 Å². The van der Waals surface area contributed by atoms with Gasteiger partial charge in [0.15, 0.2) is 5.78 Å². The number of rotatable bonds is 5. The number of carbonyl (C=O) groups excluding carboxylic acids is 1. The Morgan fingerprint density at radius 1 is 1.17 bits per heavy atom. The first kappa shape index (κ1) is 22.5. The Balaban J connectivity index is 1.59. The van der Waals surface area contributed by atoms with Gasteiger partial charge in [-0.1, -0.05) is 52.5 Å². The van der Waals surface area contributed by atoms with Gasteiger partial charge in [0, 0.05) is 18.5 Å². The average molecular weight is 416 g/mol. The van der Waals surface area contributed by atoms with Crippen molar-refractivity contribution >= 4 is 5.78 Å². The molecule has 3 heteroatoms. The first-order valence-electron chi connectivity index (χ1n) is 12.7. The summed E-state index contributed by atoms with van der Waals surface area (Å²) in [5.41, 5.74) is 1.52. The van der Waals surface area contributed by atoms with Crippen LogP contribution in [0.15, 0.2) is 11.6 Å². The number of hydrogen-bond acceptors (Lipinski definition) is 3. The van der Waals surface area contributed by atoms with Crippen LogP contribution >= 0.6 is 0 Å². The summed E-state index contributed by atoms with van der Waals surface area (Å²) in [5.74, 6) is 3.96. The third-order valence-electron chi connectivity index (χ3n) is 10.3. The molecule has 1 N–H and O–H groups in total. The molecular weight excluding hydrogens is 370 g/mol. The molecule has 30 heavy (non-hydrogen) atoms. The van der Waals surface area contributed by atoms with Crippen molar-refractivity contribution in [3.05, 3.63) is 11.6 Å². The van der Waals surface area contributed by atoms with E-state index < -0.39 is 0 Å². The number of aliphatic hydroxyl groups is 1. The second kappa shape index (κ2) is 8.03. The summed E-state index contributed by atoms with van der Waals surface area (Å²) in [7, 11) is 2.35. The van der Waals surface area contributed by atoms with Crippen LogP contribution in [0, 0.1) is 40.9 Å². The predicted octanol–water partition coefficient (Wildman–Crippen LogP) is 5.47. The van der Waals surface area contributed by atoms with Crippen molar-refractivity contribution in [3.63, 3.8) is 0 Å². The highest BCUT2D eigenvalue weighted by atomic mass is 16.3. The highest BCUT2D eigenvalue weighted by Gasteiger charge is 2.63. The van der Waals surface area contributed by atoms with E-state index in [0.29, 0.717) is 30.6 Å². The van der Waals surface area contributed by atoms with Crippen molar-refractivity contribution in [2.75, 3.05) is 13.6 Å². The van der Waals surface area contributed by atoms with Crippen LogP contribution < -0.4 is 0 Å². The topological polar surface area (TPSA) is 40.5 Å². The zero-order chi connectivity index (χ0) is 21.8. The molecule has 170 valence electrons. The number of aliphatic hydroxyl groups excluding tert-OH is 1. The van der Waals surface area contributed by atoms with E-state index in [1.54, 1.807) is 0 Å². The number of carbonyl (C=O) groups is 1. The van der Waals surface area contributed by atoms with E-state index >= 15 is 0 Å². The fourth-order valence-corrected chi connectivity index (χ4v) is 8.38. The Hall–Kier alpha value is -0.670. The first-order chi connectivity index (χ1) is 14.1. The van der Waals surface area contributed by atoms with E-state index in [4.69, 9.17) is 0 Å². The molecule has 0 aromatic rings. The van der Waals surface area contributed by atoms with E-state index in [-0.39, 0.29) is 22.8 Å². The molecule has 4 aliphatic rings. The van der Waals surface area contributed by atoms with Crippen molar-refractivity contribution < 1.29 is 9.90 Å². The van der Waals surface area contributed by atoms with E-state index in [0.717, 1.165) is 30.7 Å². The monoisotopic (exact) mass is 415 g/mol. The van der Waals surface area contributed by atoms with Crippen molar-refractivity contribution in [2.24, 2.45) is 40.9 Å². The summed E-state index contributed by atoms with van der Waals surface area (Å²) >= 11 is 0. The highest BCUT2D eigenvalue weighted by Crippen LogP contribution is 2.63. The Bertz CT molecular complexity index is 699. The van der Waals surface area contributed by atoms with E-state index in [1.807, 2.05) is 6.08 Å². The largest absolute Gasteiger partial charge is 0.392 e. The van der Waals surface area contributed by atoms with Gasteiger partial charge >= 0.3 is 0 Å². The molecule has 1 aliphatic heterocycles. The van der Waals surface area contributed by atoms with Crippen LogP contribution in [0.3, 0.4) is 0 Å². The number of ketones is 1. The van der Waals surface area contributed by atoms with Gasteiger partial charge in [0.05, 0.1) is 6.10 Å². The molecule has 0 radical (unpaired) electrons. The molecule has 0 bridgehead atoms. The summed E-state index contributed by atoms with van der Waals surface area (Å²) in [6.45, 7) is 13.1. The van der Waals surface area contributed by atoms with Crippen LogP contribution in [0.2, 0.25) is 0 Å². The molecule has 0 aromatic carbocycles. The Labute approximate surface area is 184 Å². The van der Waals surface area contributed by atoms with E-state index in [9.17, 15) is 9.90 Å². The molecule has 0 amide bonds. The molecule has 4 rings (SSSR count). The number of piperidine rings is 1.